The van der Waals surface area contributed by atoms with Gasteiger partial charge in [-0.05, 0) is 45.2 Å². The Balaban J connectivity index is 1.72. The molecule has 16 heavy (non-hydrogen) atoms. The Morgan fingerprint density at radius 2 is 2.06 bits per heavy atom. The first-order chi connectivity index (χ1) is 7.83. The first kappa shape index (κ1) is 10.3. The second-order valence-corrected chi connectivity index (χ2v) is 5.26. The summed E-state index contributed by atoms with van der Waals surface area (Å²) in [6.07, 6.45) is 6.31. The van der Waals surface area contributed by atoms with Crippen LogP contribution in [-0.2, 0) is 6.42 Å². The molecule has 0 atom stereocenters. The summed E-state index contributed by atoms with van der Waals surface area (Å²) in [5.41, 5.74) is 1.20. The lowest BCUT2D eigenvalue weighted by Gasteiger charge is -2.26. The van der Waals surface area contributed by atoms with Gasteiger partial charge in [-0.3, -0.25) is 0 Å². The topological polar surface area (TPSA) is 38.1 Å². The molecule has 0 unspecified atom stereocenters. The molecule has 1 aliphatic heterocycles. The fourth-order valence-electron chi connectivity index (χ4n) is 2.75. The second-order valence-electron chi connectivity index (χ2n) is 5.26. The van der Waals surface area contributed by atoms with Crippen molar-refractivity contribution in [1.82, 2.24) is 10.3 Å². The van der Waals surface area contributed by atoms with E-state index < -0.39 is 0 Å². The van der Waals surface area contributed by atoms with Gasteiger partial charge in [0.25, 0.3) is 0 Å². The molecule has 0 bridgehead atoms. The molecule has 0 amide bonds. The molecule has 3 rings (SSSR count). The number of rotatable bonds is 3. The van der Waals surface area contributed by atoms with Gasteiger partial charge in [0.05, 0.1) is 5.69 Å². The molecule has 1 aromatic rings. The van der Waals surface area contributed by atoms with Crippen molar-refractivity contribution in [2.24, 2.45) is 5.92 Å². The predicted octanol–water partition coefficient (Wildman–Crippen LogP) is 2.40. The Bertz CT molecular complexity index is 362. The standard InChI is InChI=1S/C13H20N2O/c1-9-12(6-10-7-14-8-10)15-13(16-9)11-4-2-3-5-11/h10-11,14H,2-8H2,1H3. The molecular weight excluding hydrogens is 200 g/mol. The summed E-state index contributed by atoms with van der Waals surface area (Å²) >= 11 is 0. The minimum absolute atomic E-state index is 0.604. The molecule has 3 nitrogen and oxygen atoms in total. The van der Waals surface area contributed by atoms with Crippen molar-refractivity contribution in [2.45, 2.75) is 44.9 Å². The van der Waals surface area contributed by atoms with E-state index >= 15 is 0 Å². The van der Waals surface area contributed by atoms with Crippen LogP contribution in [0.2, 0.25) is 0 Å². The van der Waals surface area contributed by atoms with Crippen molar-refractivity contribution in [3.63, 3.8) is 0 Å². The van der Waals surface area contributed by atoms with Gasteiger partial charge in [-0.15, -0.1) is 0 Å². The molecule has 0 radical (unpaired) electrons. The first-order valence-electron chi connectivity index (χ1n) is 6.50. The van der Waals surface area contributed by atoms with E-state index in [1.807, 2.05) is 0 Å². The highest BCUT2D eigenvalue weighted by Gasteiger charge is 2.25. The Hall–Kier alpha value is -0.830. The van der Waals surface area contributed by atoms with Crippen LogP contribution in [0.4, 0.5) is 0 Å². The summed E-state index contributed by atoms with van der Waals surface area (Å²) < 4.78 is 5.84. The predicted molar refractivity (Wildman–Crippen MR) is 62.5 cm³/mol. The van der Waals surface area contributed by atoms with E-state index in [2.05, 4.69) is 12.2 Å². The van der Waals surface area contributed by atoms with Crippen molar-refractivity contribution in [1.29, 1.82) is 0 Å². The molecule has 88 valence electrons. The second kappa shape index (κ2) is 4.21. The van der Waals surface area contributed by atoms with E-state index in [0.717, 1.165) is 37.1 Å². The highest BCUT2D eigenvalue weighted by molar-refractivity contribution is 5.12. The summed E-state index contributed by atoms with van der Waals surface area (Å²) in [5.74, 6) is 3.44. The zero-order chi connectivity index (χ0) is 11.0. The first-order valence-corrected chi connectivity index (χ1v) is 6.50. The summed E-state index contributed by atoms with van der Waals surface area (Å²) in [4.78, 5) is 4.72. The largest absolute Gasteiger partial charge is 0.445 e. The lowest BCUT2D eigenvalue weighted by molar-refractivity contribution is 0.343. The average Bonchev–Trinajstić information content (AvgIpc) is 2.80. The Morgan fingerprint density at radius 1 is 1.31 bits per heavy atom. The summed E-state index contributed by atoms with van der Waals surface area (Å²) in [5, 5.41) is 3.30. The van der Waals surface area contributed by atoms with E-state index in [1.54, 1.807) is 0 Å². The number of oxazole rings is 1. The summed E-state index contributed by atoms with van der Waals surface area (Å²) in [7, 11) is 0. The van der Waals surface area contributed by atoms with Crippen LogP contribution in [0.1, 0.15) is 48.9 Å². The monoisotopic (exact) mass is 220 g/mol. The molecule has 1 N–H and O–H groups in total. The van der Waals surface area contributed by atoms with E-state index in [1.165, 1.54) is 31.4 Å². The van der Waals surface area contributed by atoms with Crippen LogP contribution in [0.5, 0.6) is 0 Å². The molecular formula is C13H20N2O. The van der Waals surface area contributed by atoms with Crippen molar-refractivity contribution >= 4 is 0 Å². The molecule has 3 heteroatoms. The van der Waals surface area contributed by atoms with E-state index in [0.29, 0.717) is 5.92 Å². The summed E-state index contributed by atoms with van der Waals surface area (Å²) in [6.45, 7) is 4.35. The van der Waals surface area contributed by atoms with Crippen molar-refractivity contribution in [3.8, 4) is 0 Å². The van der Waals surface area contributed by atoms with E-state index in [-0.39, 0.29) is 0 Å². The maximum Gasteiger partial charge on any atom is 0.197 e. The maximum absolute atomic E-state index is 5.84. The zero-order valence-electron chi connectivity index (χ0n) is 9.96. The molecule has 2 fully saturated rings. The zero-order valence-corrected chi connectivity index (χ0v) is 9.96. The lowest BCUT2D eigenvalue weighted by atomic mass is 9.97. The van der Waals surface area contributed by atoms with Crippen molar-refractivity contribution in [3.05, 3.63) is 17.3 Å². The van der Waals surface area contributed by atoms with Gasteiger partial charge in [0, 0.05) is 5.92 Å². The Kier molecular flexibility index (Phi) is 2.72. The van der Waals surface area contributed by atoms with Gasteiger partial charge in [-0.1, -0.05) is 12.8 Å². The molecule has 1 aromatic heterocycles. The number of nitrogens with zero attached hydrogens (tertiary/aromatic N) is 1. The van der Waals surface area contributed by atoms with Crippen molar-refractivity contribution < 1.29 is 4.42 Å². The molecule has 1 aliphatic carbocycles. The van der Waals surface area contributed by atoms with Gasteiger partial charge in [-0.2, -0.15) is 0 Å². The average molecular weight is 220 g/mol. The van der Waals surface area contributed by atoms with Gasteiger partial charge in [0.1, 0.15) is 5.76 Å². The SMILES string of the molecule is Cc1oc(C2CCCC2)nc1CC1CNC1. The Labute approximate surface area is 96.6 Å². The van der Waals surface area contributed by atoms with Crippen LogP contribution < -0.4 is 5.32 Å². The molecule has 1 saturated heterocycles. The number of hydrogen-bond acceptors (Lipinski definition) is 3. The third-order valence-corrected chi connectivity index (χ3v) is 3.96. The fraction of sp³-hybridized carbons (Fsp3) is 0.769. The lowest BCUT2D eigenvalue weighted by Crippen LogP contribution is -2.43. The molecule has 2 heterocycles. The molecule has 0 aromatic carbocycles. The highest BCUT2D eigenvalue weighted by atomic mass is 16.4. The number of nitrogens with one attached hydrogen (secondary N) is 1. The fourth-order valence-corrected chi connectivity index (χ4v) is 2.75. The third-order valence-electron chi connectivity index (χ3n) is 3.96. The van der Waals surface area contributed by atoms with Crippen LogP contribution in [0.15, 0.2) is 4.42 Å². The van der Waals surface area contributed by atoms with Crippen LogP contribution in [0, 0.1) is 12.8 Å². The molecule has 1 saturated carbocycles. The van der Waals surface area contributed by atoms with Gasteiger partial charge < -0.3 is 9.73 Å². The minimum atomic E-state index is 0.604. The number of aromatic nitrogens is 1. The quantitative estimate of drug-likeness (QED) is 0.850. The smallest absolute Gasteiger partial charge is 0.197 e. The van der Waals surface area contributed by atoms with Gasteiger partial charge >= 0.3 is 0 Å². The molecule has 0 spiro atoms. The van der Waals surface area contributed by atoms with Gasteiger partial charge in [0.2, 0.25) is 0 Å². The third kappa shape index (κ3) is 1.88. The number of hydrogen-bond donors (Lipinski definition) is 1. The van der Waals surface area contributed by atoms with Crippen LogP contribution >= 0.6 is 0 Å². The Morgan fingerprint density at radius 3 is 2.69 bits per heavy atom. The van der Waals surface area contributed by atoms with Crippen LogP contribution in [0.3, 0.4) is 0 Å². The summed E-state index contributed by atoms with van der Waals surface area (Å²) in [6, 6.07) is 0. The number of aryl methyl sites for hydroxylation is 1. The van der Waals surface area contributed by atoms with Crippen LogP contribution in [-0.4, -0.2) is 18.1 Å². The minimum Gasteiger partial charge on any atom is -0.445 e. The van der Waals surface area contributed by atoms with Gasteiger partial charge in [0.15, 0.2) is 5.89 Å². The van der Waals surface area contributed by atoms with Gasteiger partial charge in [-0.25, -0.2) is 4.98 Å². The normalized spacial score (nSPS) is 22.6. The maximum atomic E-state index is 5.84. The highest BCUT2D eigenvalue weighted by Crippen LogP contribution is 2.34. The van der Waals surface area contributed by atoms with Crippen LogP contribution in [0.25, 0.3) is 0 Å². The van der Waals surface area contributed by atoms with Crippen molar-refractivity contribution in [2.75, 3.05) is 13.1 Å². The molecule has 2 aliphatic rings. The van der Waals surface area contributed by atoms with E-state index in [9.17, 15) is 0 Å². The van der Waals surface area contributed by atoms with E-state index in [4.69, 9.17) is 9.40 Å².